The molecule has 1 fully saturated rings. The number of benzene rings is 2. The minimum atomic E-state index is -0.419. The van der Waals surface area contributed by atoms with Crippen molar-refractivity contribution in [1.29, 1.82) is 0 Å². The molecule has 0 radical (unpaired) electrons. The molecule has 2 amide bonds. The minimum absolute atomic E-state index is 0.0135. The summed E-state index contributed by atoms with van der Waals surface area (Å²) in [5, 5.41) is 6.13. The Morgan fingerprint density at radius 1 is 1.15 bits per heavy atom. The molecule has 3 rings (SSSR count). The highest BCUT2D eigenvalue weighted by Gasteiger charge is 2.30. The van der Waals surface area contributed by atoms with Crippen LogP contribution in [0.5, 0.6) is 0 Å². The summed E-state index contributed by atoms with van der Waals surface area (Å²) in [5.41, 5.74) is 8.94. The van der Waals surface area contributed by atoms with Gasteiger partial charge in [-0.05, 0) is 42.7 Å². The van der Waals surface area contributed by atoms with E-state index in [0.29, 0.717) is 22.7 Å². The Balaban J connectivity index is 1.72. The smallest absolute Gasteiger partial charge is 0.253 e. The van der Waals surface area contributed by atoms with Crippen LogP contribution in [0.2, 0.25) is 5.02 Å². The van der Waals surface area contributed by atoms with Crippen molar-refractivity contribution in [1.82, 2.24) is 16.2 Å². The fourth-order valence-electron chi connectivity index (χ4n) is 3.09. The molecule has 1 aliphatic heterocycles. The van der Waals surface area contributed by atoms with Gasteiger partial charge in [0.2, 0.25) is 5.91 Å². The number of anilines is 1. The van der Waals surface area contributed by atoms with Crippen molar-refractivity contribution in [2.75, 3.05) is 12.4 Å². The van der Waals surface area contributed by atoms with E-state index in [1.165, 1.54) is 0 Å². The number of rotatable bonds is 4. The number of carbonyl (C=O) groups is 2. The first-order valence-electron chi connectivity index (χ1n) is 8.38. The molecule has 2 unspecified atom stereocenters. The van der Waals surface area contributed by atoms with Crippen LogP contribution in [0.1, 0.15) is 33.9 Å². The Morgan fingerprint density at radius 2 is 1.92 bits per heavy atom. The molecule has 136 valence electrons. The summed E-state index contributed by atoms with van der Waals surface area (Å²) in [7, 11) is 1.57. The van der Waals surface area contributed by atoms with Crippen LogP contribution in [-0.2, 0) is 4.79 Å². The molecule has 0 saturated carbocycles. The van der Waals surface area contributed by atoms with Crippen molar-refractivity contribution in [2.24, 2.45) is 0 Å². The largest absolute Gasteiger partial charge is 0.355 e. The third-order valence-corrected chi connectivity index (χ3v) is 4.69. The predicted molar refractivity (Wildman–Crippen MR) is 102 cm³/mol. The van der Waals surface area contributed by atoms with Crippen molar-refractivity contribution in [3.05, 3.63) is 64.2 Å². The molecule has 1 saturated heterocycles. The molecular weight excluding hydrogens is 352 g/mol. The summed E-state index contributed by atoms with van der Waals surface area (Å²) < 4.78 is 0. The second kappa shape index (κ2) is 7.86. The SMILES string of the molecule is CNC(=O)c1c(C)cccc1NC(=O)C1CC(c2cccc(Cl)c2)NN1. The lowest BCUT2D eigenvalue weighted by Gasteiger charge is -2.15. The van der Waals surface area contributed by atoms with Gasteiger partial charge in [0.1, 0.15) is 6.04 Å². The van der Waals surface area contributed by atoms with Gasteiger partial charge < -0.3 is 10.6 Å². The molecule has 2 atom stereocenters. The molecule has 0 bridgehead atoms. The molecule has 0 aliphatic carbocycles. The van der Waals surface area contributed by atoms with Crippen LogP contribution in [0.4, 0.5) is 5.69 Å². The van der Waals surface area contributed by atoms with E-state index in [1.54, 1.807) is 13.1 Å². The average Bonchev–Trinajstić information content (AvgIpc) is 3.11. The number of halogens is 1. The molecule has 4 N–H and O–H groups in total. The Bertz CT molecular complexity index is 840. The number of amides is 2. The van der Waals surface area contributed by atoms with Crippen LogP contribution >= 0.6 is 11.6 Å². The summed E-state index contributed by atoms with van der Waals surface area (Å²) in [6, 6.07) is 12.5. The first kappa shape index (κ1) is 18.4. The van der Waals surface area contributed by atoms with E-state index in [0.717, 1.165) is 11.1 Å². The quantitative estimate of drug-likeness (QED) is 0.664. The van der Waals surface area contributed by atoms with Gasteiger partial charge in [0.15, 0.2) is 0 Å². The summed E-state index contributed by atoms with van der Waals surface area (Å²) in [5.74, 6) is -0.425. The third kappa shape index (κ3) is 3.88. The van der Waals surface area contributed by atoms with Gasteiger partial charge in [0.25, 0.3) is 5.91 Å². The Kier molecular flexibility index (Phi) is 5.56. The molecule has 1 heterocycles. The zero-order chi connectivity index (χ0) is 18.7. The van der Waals surface area contributed by atoms with Gasteiger partial charge in [-0.1, -0.05) is 35.9 Å². The maximum absolute atomic E-state index is 12.7. The normalized spacial score (nSPS) is 19.2. The van der Waals surface area contributed by atoms with Gasteiger partial charge in [-0.3, -0.25) is 9.59 Å². The summed E-state index contributed by atoms with van der Waals surface area (Å²) in [6.45, 7) is 1.84. The maximum atomic E-state index is 12.7. The van der Waals surface area contributed by atoms with Crippen molar-refractivity contribution in [3.63, 3.8) is 0 Å². The summed E-state index contributed by atoms with van der Waals surface area (Å²) in [6.07, 6.45) is 0.577. The van der Waals surface area contributed by atoms with Crippen LogP contribution < -0.4 is 21.5 Å². The van der Waals surface area contributed by atoms with Crippen molar-refractivity contribution in [2.45, 2.75) is 25.4 Å². The molecular formula is C19H21ClN4O2. The highest BCUT2D eigenvalue weighted by atomic mass is 35.5. The van der Waals surface area contributed by atoms with Crippen LogP contribution in [0.25, 0.3) is 0 Å². The Morgan fingerprint density at radius 3 is 2.65 bits per heavy atom. The van der Waals surface area contributed by atoms with E-state index in [2.05, 4.69) is 21.5 Å². The molecule has 7 heteroatoms. The number of hydrogen-bond donors (Lipinski definition) is 4. The molecule has 0 spiro atoms. The van der Waals surface area contributed by atoms with Gasteiger partial charge >= 0.3 is 0 Å². The summed E-state index contributed by atoms with van der Waals surface area (Å²) >= 11 is 6.04. The zero-order valence-corrected chi connectivity index (χ0v) is 15.4. The van der Waals surface area contributed by atoms with Crippen LogP contribution in [-0.4, -0.2) is 24.9 Å². The number of hydrazine groups is 1. The number of nitrogens with one attached hydrogen (secondary N) is 4. The molecule has 2 aromatic rings. The van der Waals surface area contributed by atoms with Gasteiger partial charge in [0.05, 0.1) is 11.3 Å². The van der Waals surface area contributed by atoms with Crippen molar-refractivity contribution < 1.29 is 9.59 Å². The number of carbonyl (C=O) groups excluding carboxylic acids is 2. The Hall–Kier alpha value is -2.41. The first-order chi connectivity index (χ1) is 12.5. The topological polar surface area (TPSA) is 82.3 Å². The number of aryl methyl sites for hydroxylation is 1. The highest BCUT2D eigenvalue weighted by molar-refractivity contribution is 6.30. The number of hydrogen-bond acceptors (Lipinski definition) is 4. The van der Waals surface area contributed by atoms with Gasteiger partial charge in [-0.25, -0.2) is 10.9 Å². The highest BCUT2D eigenvalue weighted by Crippen LogP contribution is 2.26. The lowest BCUT2D eigenvalue weighted by molar-refractivity contribution is -0.117. The van der Waals surface area contributed by atoms with Gasteiger partial charge in [-0.15, -0.1) is 0 Å². The molecule has 26 heavy (non-hydrogen) atoms. The van der Waals surface area contributed by atoms with E-state index < -0.39 is 6.04 Å². The molecule has 6 nitrogen and oxygen atoms in total. The van der Waals surface area contributed by atoms with Crippen molar-refractivity contribution >= 4 is 29.1 Å². The minimum Gasteiger partial charge on any atom is -0.355 e. The van der Waals surface area contributed by atoms with Gasteiger partial charge in [-0.2, -0.15) is 0 Å². The van der Waals surface area contributed by atoms with Crippen LogP contribution in [0, 0.1) is 6.92 Å². The standard InChI is InChI=1S/C19H21ClN4O2/c1-11-5-3-8-14(17(11)19(26)21-2)22-18(25)16-10-15(23-24-16)12-6-4-7-13(20)9-12/h3-9,15-16,23-24H,10H2,1-2H3,(H,21,26)(H,22,25). The molecule has 1 aliphatic rings. The second-order valence-electron chi connectivity index (χ2n) is 6.25. The van der Waals surface area contributed by atoms with Crippen molar-refractivity contribution in [3.8, 4) is 0 Å². The lowest BCUT2D eigenvalue weighted by Crippen LogP contribution is -2.40. The summed E-state index contributed by atoms with van der Waals surface area (Å²) in [4.78, 5) is 24.8. The van der Waals surface area contributed by atoms with E-state index in [1.807, 2.05) is 43.3 Å². The first-order valence-corrected chi connectivity index (χ1v) is 8.76. The van der Waals surface area contributed by atoms with Gasteiger partial charge in [0, 0.05) is 18.1 Å². The maximum Gasteiger partial charge on any atom is 0.253 e. The fourth-order valence-corrected chi connectivity index (χ4v) is 3.29. The predicted octanol–water partition coefficient (Wildman–Crippen LogP) is 2.55. The molecule has 0 aromatic heterocycles. The monoisotopic (exact) mass is 372 g/mol. The van der Waals surface area contributed by atoms with E-state index in [9.17, 15) is 9.59 Å². The lowest BCUT2D eigenvalue weighted by atomic mass is 10.0. The van der Waals surface area contributed by atoms with E-state index in [4.69, 9.17) is 11.6 Å². The fraction of sp³-hybridized carbons (Fsp3) is 0.263. The van der Waals surface area contributed by atoms with E-state index in [-0.39, 0.29) is 17.9 Å². The second-order valence-corrected chi connectivity index (χ2v) is 6.69. The Labute approximate surface area is 157 Å². The average molecular weight is 373 g/mol. The van der Waals surface area contributed by atoms with Crippen LogP contribution in [0.3, 0.4) is 0 Å². The van der Waals surface area contributed by atoms with Crippen LogP contribution in [0.15, 0.2) is 42.5 Å². The zero-order valence-electron chi connectivity index (χ0n) is 14.6. The van der Waals surface area contributed by atoms with E-state index >= 15 is 0 Å². The molecule has 2 aromatic carbocycles. The third-order valence-electron chi connectivity index (χ3n) is 4.46.